The SMILES string of the molecule is CCCCCCCC/C=C\CCCCCCCC(=O)CC(CC1CNCCN1C)C(=O)CCCCCCC/C=C\CCCCCCCC. The molecule has 1 rings (SSSR count). The number of carbonyl (C=O) groups is 2. The van der Waals surface area contributed by atoms with Gasteiger partial charge in [0.2, 0.25) is 0 Å². The maximum Gasteiger partial charge on any atom is 0.136 e. The zero-order valence-electron chi connectivity index (χ0n) is 32.6. The average molecular weight is 671 g/mol. The summed E-state index contributed by atoms with van der Waals surface area (Å²) in [6.07, 6.45) is 45.1. The Morgan fingerprint density at radius 2 is 1.02 bits per heavy atom. The van der Waals surface area contributed by atoms with Gasteiger partial charge in [-0.25, -0.2) is 0 Å². The molecule has 0 radical (unpaired) electrons. The number of likely N-dealkylation sites (N-methyl/N-ethyl adjacent to an activating group) is 1. The minimum Gasteiger partial charge on any atom is -0.314 e. The van der Waals surface area contributed by atoms with Gasteiger partial charge in [-0.15, -0.1) is 0 Å². The van der Waals surface area contributed by atoms with Crippen molar-refractivity contribution < 1.29 is 9.59 Å². The number of allylic oxidation sites excluding steroid dienone is 4. The van der Waals surface area contributed by atoms with Crippen LogP contribution in [0.15, 0.2) is 24.3 Å². The van der Waals surface area contributed by atoms with E-state index in [0.717, 1.165) is 51.7 Å². The molecule has 0 aliphatic carbocycles. The number of hydrogen-bond donors (Lipinski definition) is 1. The van der Waals surface area contributed by atoms with Crippen LogP contribution in [0.3, 0.4) is 0 Å². The summed E-state index contributed by atoms with van der Waals surface area (Å²) in [6, 6.07) is 0.356. The molecule has 0 aromatic carbocycles. The molecule has 4 heteroatoms. The average Bonchev–Trinajstić information content (AvgIpc) is 3.08. The predicted molar refractivity (Wildman–Crippen MR) is 211 cm³/mol. The van der Waals surface area contributed by atoms with E-state index in [4.69, 9.17) is 0 Å². The van der Waals surface area contributed by atoms with E-state index in [0.29, 0.717) is 36.9 Å². The van der Waals surface area contributed by atoms with Crippen LogP contribution in [0, 0.1) is 5.92 Å². The zero-order valence-corrected chi connectivity index (χ0v) is 32.6. The lowest BCUT2D eigenvalue weighted by Gasteiger charge is -2.35. The van der Waals surface area contributed by atoms with Gasteiger partial charge in [0.15, 0.2) is 0 Å². The Kier molecular flexibility index (Phi) is 31.9. The van der Waals surface area contributed by atoms with Crippen LogP contribution in [-0.2, 0) is 9.59 Å². The zero-order chi connectivity index (χ0) is 34.8. The van der Waals surface area contributed by atoms with Crippen LogP contribution < -0.4 is 5.32 Å². The van der Waals surface area contributed by atoms with Crippen molar-refractivity contribution in [3.8, 4) is 0 Å². The van der Waals surface area contributed by atoms with E-state index in [-0.39, 0.29) is 5.92 Å². The first-order valence-corrected chi connectivity index (χ1v) is 21.3. The summed E-state index contributed by atoms with van der Waals surface area (Å²) in [7, 11) is 2.17. The number of Topliss-reactive ketones (excluding diaryl/α,β-unsaturated/α-hetero) is 2. The lowest BCUT2D eigenvalue weighted by atomic mass is 9.86. The monoisotopic (exact) mass is 671 g/mol. The number of unbranched alkanes of at least 4 members (excludes halogenated alkanes) is 22. The quantitative estimate of drug-likeness (QED) is 0.0538. The molecule has 1 heterocycles. The van der Waals surface area contributed by atoms with Crippen molar-refractivity contribution in [3.63, 3.8) is 0 Å². The highest BCUT2D eigenvalue weighted by Crippen LogP contribution is 2.22. The standard InChI is InChI=1S/C44H82N2O2/c1-4-6-8-10-12-14-16-18-20-22-24-26-28-30-32-34-43(47)39-41(38-42-40-45-36-37-46(42)3)44(48)35-33-31-29-27-25-23-21-19-17-15-13-11-9-7-5-2/h18-21,41-42,45H,4-17,22-40H2,1-3H3/b20-18-,21-19-. The third-order valence-electron chi connectivity index (χ3n) is 10.5. The van der Waals surface area contributed by atoms with Crippen LogP contribution >= 0.6 is 0 Å². The number of carbonyl (C=O) groups excluding carboxylic acids is 2. The largest absolute Gasteiger partial charge is 0.314 e. The third kappa shape index (κ3) is 27.5. The molecule has 4 nitrogen and oxygen atoms in total. The molecule has 0 aromatic heterocycles. The molecular weight excluding hydrogens is 588 g/mol. The van der Waals surface area contributed by atoms with Gasteiger partial charge in [-0.05, 0) is 77.7 Å². The Morgan fingerprint density at radius 1 is 0.604 bits per heavy atom. The van der Waals surface area contributed by atoms with Gasteiger partial charge < -0.3 is 10.2 Å². The second kappa shape index (κ2) is 34.2. The molecular formula is C44H82N2O2. The first kappa shape index (κ1) is 44.8. The first-order valence-electron chi connectivity index (χ1n) is 21.3. The molecule has 1 fully saturated rings. The second-order valence-corrected chi connectivity index (χ2v) is 15.1. The van der Waals surface area contributed by atoms with Gasteiger partial charge in [-0.3, -0.25) is 9.59 Å². The summed E-state index contributed by atoms with van der Waals surface area (Å²) >= 11 is 0. The van der Waals surface area contributed by atoms with Crippen LogP contribution in [0.2, 0.25) is 0 Å². The van der Waals surface area contributed by atoms with Crippen LogP contribution in [0.5, 0.6) is 0 Å². The van der Waals surface area contributed by atoms with Crippen LogP contribution in [0.1, 0.15) is 206 Å². The normalized spacial score (nSPS) is 16.4. The Labute approximate surface area is 300 Å². The van der Waals surface area contributed by atoms with Crippen molar-refractivity contribution in [3.05, 3.63) is 24.3 Å². The van der Waals surface area contributed by atoms with E-state index in [1.54, 1.807) is 0 Å². The molecule has 0 spiro atoms. The van der Waals surface area contributed by atoms with Gasteiger partial charge >= 0.3 is 0 Å². The van der Waals surface area contributed by atoms with Gasteiger partial charge in [0.05, 0.1) is 0 Å². The molecule has 2 unspecified atom stereocenters. The summed E-state index contributed by atoms with van der Waals surface area (Å²) in [5.41, 5.74) is 0. The number of nitrogens with zero attached hydrogens (tertiary/aromatic N) is 1. The maximum absolute atomic E-state index is 13.4. The van der Waals surface area contributed by atoms with E-state index < -0.39 is 0 Å². The van der Waals surface area contributed by atoms with Crippen LogP contribution in [-0.4, -0.2) is 49.2 Å². The van der Waals surface area contributed by atoms with E-state index in [1.807, 2.05) is 0 Å². The number of piperazine rings is 1. The molecule has 1 aliphatic rings. The fraction of sp³-hybridized carbons (Fsp3) is 0.864. The fourth-order valence-corrected chi connectivity index (χ4v) is 7.13. The third-order valence-corrected chi connectivity index (χ3v) is 10.5. The number of rotatable bonds is 35. The van der Waals surface area contributed by atoms with E-state index in [9.17, 15) is 9.59 Å². The molecule has 2 atom stereocenters. The minimum absolute atomic E-state index is 0.107. The maximum atomic E-state index is 13.4. The van der Waals surface area contributed by atoms with Crippen LogP contribution in [0.4, 0.5) is 0 Å². The van der Waals surface area contributed by atoms with Gasteiger partial charge in [-0.1, -0.05) is 141 Å². The molecule has 0 amide bonds. The molecule has 0 bridgehead atoms. The summed E-state index contributed by atoms with van der Waals surface area (Å²) in [4.78, 5) is 28.8. The summed E-state index contributed by atoms with van der Waals surface area (Å²) < 4.78 is 0. The molecule has 48 heavy (non-hydrogen) atoms. The van der Waals surface area contributed by atoms with Crippen molar-refractivity contribution in [2.75, 3.05) is 26.7 Å². The lowest BCUT2D eigenvalue weighted by Crippen LogP contribution is -2.50. The van der Waals surface area contributed by atoms with Crippen molar-refractivity contribution >= 4 is 11.6 Å². The van der Waals surface area contributed by atoms with E-state index in [1.165, 1.54) is 141 Å². The van der Waals surface area contributed by atoms with Crippen molar-refractivity contribution in [2.45, 2.75) is 213 Å². The van der Waals surface area contributed by atoms with Gasteiger partial charge in [-0.2, -0.15) is 0 Å². The highest BCUT2D eigenvalue weighted by Gasteiger charge is 2.28. The molecule has 1 aliphatic heterocycles. The molecule has 0 aromatic rings. The smallest absolute Gasteiger partial charge is 0.136 e. The fourth-order valence-electron chi connectivity index (χ4n) is 7.13. The minimum atomic E-state index is -0.107. The molecule has 1 N–H and O–H groups in total. The Balaban J connectivity index is 2.20. The predicted octanol–water partition coefficient (Wildman–Crippen LogP) is 12.5. The van der Waals surface area contributed by atoms with Gasteiger partial charge in [0.1, 0.15) is 11.6 Å². The molecule has 0 saturated carbocycles. The number of ketones is 2. The second-order valence-electron chi connectivity index (χ2n) is 15.1. The van der Waals surface area contributed by atoms with Gasteiger partial charge in [0, 0.05) is 50.9 Å². The van der Waals surface area contributed by atoms with Crippen molar-refractivity contribution in [2.24, 2.45) is 5.92 Å². The van der Waals surface area contributed by atoms with Crippen LogP contribution in [0.25, 0.3) is 0 Å². The molecule has 280 valence electrons. The van der Waals surface area contributed by atoms with Crippen molar-refractivity contribution in [1.82, 2.24) is 10.2 Å². The lowest BCUT2D eigenvalue weighted by molar-refractivity contribution is -0.128. The van der Waals surface area contributed by atoms with E-state index >= 15 is 0 Å². The van der Waals surface area contributed by atoms with Gasteiger partial charge in [0.25, 0.3) is 0 Å². The highest BCUT2D eigenvalue weighted by atomic mass is 16.1. The summed E-state index contributed by atoms with van der Waals surface area (Å²) in [6.45, 7) is 7.51. The highest BCUT2D eigenvalue weighted by molar-refractivity contribution is 5.88. The Hall–Kier alpha value is -1.26. The number of nitrogens with one attached hydrogen (secondary N) is 1. The number of hydrogen-bond acceptors (Lipinski definition) is 4. The summed E-state index contributed by atoms with van der Waals surface area (Å²) in [5, 5.41) is 3.50. The topological polar surface area (TPSA) is 49.4 Å². The first-order chi connectivity index (χ1) is 23.6. The van der Waals surface area contributed by atoms with E-state index in [2.05, 4.69) is 55.4 Å². The Morgan fingerprint density at radius 3 is 1.48 bits per heavy atom. The molecule has 1 saturated heterocycles. The Bertz CT molecular complexity index is 791. The summed E-state index contributed by atoms with van der Waals surface area (Å²) in [5.74, 6) is 0.538. The van der Waals surface area contributed by atoms with Crippen molar-refractivity contribution in [1.29, 1.82) is 0 Å².